The van der Waals surface area contributed by atoms with E-state index < -0.39 is 42.0 Å². The van der Waals surface area contributed by atoms with E-state index >= 15 is 0 Å². The number of alkyl halides is 3. The van der Waals surface area contributed by atoms with Crippen molar-refractivity contribution in [3.05, 3.63) is 27.9 Å². The molecule has 1 aliphatic heterocycles. The van der Waals surface area contributed by atoms with E-state index in [4.69, 9.17) is 9.84 Å². The maximum absolute atomic E-state index is 12.0. The molecule has 1 aromatic heterocycles. The average Bonchev–Trinajstić information content (AvgIpc) is 3.20. The first kappa shape index (κ1) is 21.7. The Balaban J connectivity index is 1.96. The maximum Gasteiger partial charge on any atom is 0.471 e. The molecule has 1 aliphatic rings. The average molecular weight is 405 g/mol. The number of halogens is 3. The lowest BCUT2D eigenvalue weighted by Crippen LogP contribution is -2.37. The van der Waals surface area contributed by atoms with E-state index in [1.54, 1.807) is 5.32 Å². The minimum absolute atomic E-state index is 0.0620. The normalized spacial score (nSPS) is 21.8. The summed E-state index contributed by atoms with van der Waals surface area (Å²) >= 11 is 0. The summed E-state index contributed by atoms with van der Waals surface area (Å²) in [5, 5.41) is 31.8. The van der Waals surface area contributed by atoms with E-state index in [0.29, 0.717) is 0 Å². The fourth-order valence-electron chi connectivity index (χ4n) is 2.61. The van der Waals surface area contributed by atoms with Gasteiger partial charge in [-0.15, -0.1) is 0 Å². The molecular formula is C16H18F3N3O6. The Hall–Kier alpha value is -2.62. The largest absolute Gasteiger partial charge is 0.471 e. The number of nitrogens with one attached hydrogen (secondary N) is 1. The Morgan fingerprint density at radius 1 is 1.50 bits per heavy atom. The van der Waals surface area contributed by atoms with E-state index in [-0.39, 0.29) is 37.2 Å². The molecule has 28 heavy (non-hydrogen) atoms. The van der Waals surface area contributed by atoms with Gasteiger partial charge in [-0.2, -0.15) is 13.2 Å². The van der Waals surface area contributed by atoms with Crippen molar-refractivity contribution in [1.82, 2.24) is 9.88 Å². The van der Waals surface area contributed by atoms with Crippen molar-refractivity contribution in [3.63, 3.8) is 0 Å². The number of aliphatic hydroxyl groups is 2. The van der Waals surface area contributed by atoms with Crippen LogP contribution < -0.4 is 5.32 Å². The third kappa shape index (κ3) is 5.44. The van der Waals surface area contributed by atoms with Crippen molar-refractivity contribution < 1.29 is 37.8 Å². The van der Waals surface area contributed by atoms with E-state index in [2.05, 4.69) is 11.8 Å². The predicted octanol–water partition coefficient (Wildman–Crippen LogP) is 0.847. The number of nitrogens with zero attached hydrogens (tertiary/aromatic N) is 2. The number of aromatic nitrogens is 1. The quantitative estimate of drug-likeness (QED) is 0.279. The first-order valence-corrected chi connectivity index (χ1v) is 8.28. The van der Waals surface area contributed by atoms with Gasteiger partial charge in [0.1, 0.15) is 12.3 Å². The highest BCUT2D eigenvalue weighted by Gasteiger charge is 2.39. The number of nitro groups is 1. The summed E-state index contributed by atoms with van der Waals surface area (Å²) in [4.78, 5) is 21.2. The van der Waals surface area contributed by atoms with Gasteiger partial charge < -0.3 is 30.4 Å². The fourth-order valence-corrected chi connectivity index (χ4v) is 2.61. The molecule has 0 aliphatic carbocycles. The van der Waals surface area contributed by atoms with Gasteiger partial charge in [0.25, 0.3) is 0 Å². The number of carbonyl (C=O) groups is 1. The van der Waals surface area contributed by atoms with Gasteiger partial charge in [-0.05, 0) is 11.3 Å². The van der Waals surface area contributed by atoms with E-state index in [0.717, 1.165) is 0 Å². The maximum atomic E-state index is 12.0. The lowest BCUT2D eigenvalue weighted by molar-refractivity contribution is -0.393. The highest BCUT2D eigenvalue weighted by atomic mass is 19.4. The Labute approximate surface area is 157 Å². The van der Waals surface area contributed by atoms with Gasteiger partial charge in [-0.25, -0.2) is 4.57 Å². The number of aliphatic hydroxyl groups excluding tert-OH is 2. The topological polar surface area (TPSA) is 127 Å². The second kappa shape index (κ2) is 9.05. The minimum atomic E-state index is -4.93. The number of unbranched alkanes of at least 4 members (excludes halogenated alkanes) is 1. The highest BCUT2D eigenvalue weighted by Crippen LogP contribution is 2.33. The van der Waals surface area contributed by atoms with Gasteiger partial charge in [0.2, 0.25) is 6.23 Å². The molecule has 0 bridgehead atoms. The fraction of sp³-hybridized carbons (Fsp3) is 0.562. The first-order chi connectivity index (χ1) is 13.1. The van der Waals surface area contributed by atoms with E-state index in [1.165, 1.54) is 16.8 Å². The summed E-state index contributed by atoms with van der Waals surface area (Å²) in [7, 11) is 0. The predicted molar refractivity (Wildman–Crippen MR) is 87.9 cm³/mol. The molecule has 0 spiro atoms. The van der Waals surface area contributed by atoms with Crippen LogP contribution in [-0.2, 0) is 9.53 Å². The summed E-state index contributed by atoms with van der Waals surface area (Å²) in [5.41, 5.74) is 0.288. The highest BCUT2D eigenvalue weighted by molar-refractivity contribution is 5.81. The molecule has 12 heteroatoms. The zero-order valence-corrected chi connectivity index (χ0v) is 14.5. The van der Waals surface area contributed by atoms with Gasteiger partial charge in [-0.1, -0.05) is 11.8 Å². The summed E-state index contributed by atoms with van der Waals surface area (Å²) < 4.78 is 42.6. The Kier molecular flexibility index (Phi) is 7.00. The molecule has 0 saturated carbocycles. The monoisotopic (exact) mass is 405 g/mol. The van der Waals surface area contributed by atoms with Crippen LogP contribution in [0.1, 0.15) is 31.1 Å². The molecule has 1 amide bonds. The van der Waals surface area contributed by atoms with Gasteiger partial charge in [-0.3, -0.25) is 4.79 Å². The summed E-state index contributed by atoms with van der Waals surface area (Å²) in [5.74, 6) is 3.00. The van der Waals surface area contributed by atoms with Gasteiger partial charge in [0.15, 0.2) is 0 Å². The van der Waals surface area contributed by atoms with Crippen LogP contribution in [0, 0.1) is 22.0 Å². The van der Waals surface area contributed by atoms with Crippen molar-refractivity contribution in [2.75, 3.05) is 13.2 Å². The molecule has 1 unspecified atom stereocenters. The van der Waals surface area contributed by atoms with Crippen LogP contribution in [0.3, 0.4) is 0 Å². The molecule has 154 valence electrons. The third-order valence-electron chi connectivity index (χ3n) is 3.96. The summed E-state index contributed by atoms with van der Waals surface area (Å²) in [6.07, 6.45) is -5.79. The Bertz CT molecular complexity index is 783. The molecular weight excluding hydrogens is 387 g/mol. The zero-order valence-electron chi connectivity index (χ0n) is 14.5. The van der Waals surface area contributed by atoms with Crippen LogP contribution in [0.25, 0.3) is 0 Å². The van der Waals surface area contributed by atoms with Crippen LogP contribution in [0.5, 0.6) is 0 Å². The van der Waals surface area contributed by atoms with Gasteiger partial charge >= 0.3 is 17.9 Å². The van der Waals surface area contributed by atoms with Crippen LogP contribution in [-0.4, -0.2) is 57.1 Å². The van der Waals surface area contributed by atoms with Gasteiger partial charge in [0.05, 0.1) is 24.3 Å². The molecule has 0 radical (unpaired) electrons. The SMILES string of the molecule is O=C(NCCCC#Cc1cc([N+](=O)[O-])n(C2C[C@H](O)[C@@H](CO)O2)c1)C(F)(F)F. The molecule has 1 aromatic rings. The van der Waals surface area contributed by atoms with Crippen LogP contribution >= 0.6 is 0 Å². The van der Waals surface area contributed by atoms with Crippen molar-refractivity contribution >= 4 is 11.7 Å². The van der Waals surface area contributed by atoms with Crippen LogP contribution in [0.15, 0.2) is 12.3 Å². The minimum Gasteiger partial charge on any atom is -0.394 e. The Morgan fingerprint density at radius 3 is 2.79 bits per heavy atom. The van der Waals surface area contributed by atoms with Crippen molar-refractivity contribution in [3.8, 4) is 11.8 Å². The standard InChI is InChI=1S/C16H18F3N3O6/c17-16(18,19)15(25)20-5-3-1-2-4-10-6-13(22(26)27)21(8-10)14-7-11(24)12(9-23)28-14/h6,8,11-12,14,23-24H,1,3,5,7,9H2,(H,20,25)/t11-,12+,14?/m0/s1. The molecule has 3 N–H and O–H groups in total. The molecule has 9 nitrogen and oxygen atoms in total. The molecule has 1 fully saturated rings. The molecule has 2 heterocycles. The van der Waals surface area contributed by atoms with Crippen molar-refractivity contribution in [1.29, 1.82) is 0 Å². The molecule has 3 atom stereocenters. The summed E-state index contributed by atoms with van der Waals surface area (Å²) in [6.45, 7) is -0.630. The van der Waals surface area contributed by atoms with E-state index in [1.807, 2.05) is 0 Å². The van der Waals surface area contributed by atoms with Crippen LogP contribution in [0.4, 0.5) is 19.0 Å². The molecule has 1 saturated heterocycles. The summed E-state index contributed by atoms with van der Waals surface area (Å²) in [6, 6.07) is 1.21. The first-order valence-electron chi connectivity index (χ1n) is 8.28. The smallest absolute Gasteiger partial charge is 0.394 e. The third-order valence-corrected chi connectivity index (χ3v) is 3.96. The second-order valence-corrected chi connectivity index (χ2v) is 6.03. The lowest BCUT2D eigenvalue weighted by Gasteiger charge is -2.10. The van der Waals surface area contributed by atoms with Crippen molar-refractivity contribution in [2.24, 2.45) is 0 Å². The number of amides is 1. The molecule has 2 rings (SSSR count). The van der Waals surface area contributed by atoms with E-state index in [9.17, 15) is 33.2 Å². The number of hydrogen-bond acceptors (Lipinski definition) is 6. The zero-order chi connectivity index (χ0) is 20.9. The van der Waals surface area contributed by atoms with Gasteiger partial charge in [0, 0.05) is 19.4 Å². The van der Waals surface area contributed by atoms with Crippen molar-refractivity contribution in [2.45, 2.75) is 43.9 Å². The second-order valence-electron chi connectivity index (χ2n) is 6.03. The Morgan fingerprint density at radius 2 is 2.21 bits per heavy atom. The lowest BCUT2D eigenvalue weighted by atomic mass is 10.2. The van der Waals surface area contributed by atoms with Crippen LogP contribution in [0.2, 0.25) is 0 Å². The number of ether oxygens (including phenoxy) is 1. The number of carbonyl (C=O) groups excluding carboxylic acids is 1. The number of hydrogen-bond donors (Lipinski definition) is 3. The number of rotatable bonds is 6. The molecule has 0 aromatic carbocycles.